The molecule has 2 aromatic rings. The van der Waals surface area contributed by atoms with Crippen LogP contribution in [0, 0.1) is 0 Å². The summed E-state index contributed by atoms with van der Waals surface area (Å²) in [7, 11) is 0. The van der Waals surface area contributed by atoms with Gasteiger partial charge in [0, 0.05) is 30.0 Å². The van der Waals surface area contributed by atoms with Crippen LogP contribution in [0.25, 0.3) is 0 Å². The first-order valence-corrected chi connectivity index (χ1v) is 8.01. The Kier molecular flexibility index (Phi) is 4.85. The zero-order valence-electron chi connectivity index (χ0n) is 13.0. The predicted octanol–water partition coefficient (Wildman–Crippen LogP) is 2.95. The molecule has 3 N–H and O–H groups in total. The van der Waals surface area contributed by atoms with E-state index in [1.807, 2.05) is 36.4 Å². The molecule has 5 heteroatoms. The van der Waals surface area contributed by atoms with Crippen LogP contribution in [0.5, 0.6) is 0 Å². The van der Waals surface area contributed by atoms with Crippen LogP contribution in [0.4, 0.5) is 17.5 Å². The van der Waals surface area contributed by atoms with Crippen molar-refractivity contribution >= 4 is 17.5 Å². The van der Waals surface area contributed by atoms with E-state index < -0.39 is 0 Å². The molecule has 0 aliphatic carbocycles. The molecule has 0 saturated carbocycles. The summed E-state index contributed by atoms with van der Waals surface area (Å²) in [4.78, 5) is 9.17. The van der Waals surface area contributed by atoms with Gasteiger partial charge in [0.1, 0.15) is 5.82 Å². The molecule has 1 aromatic carbocycles. The molecule has 116 valence electrons. The normalized spacial score (nSPS) is 18.0. The molecule has 0 bridgehead atoms. The molecule has 1 aliphatic heterocycles. The number of aromatic nitrogens is 2. The lowest BCUT2D eigenvalue weighted by Gasteiger charge is -2.24. The van der Waals surface area contributed by atoms with Gasteiger partial charge in [-0.2, -0.15) is 4.98 Å². The third-order valence-corrected chi connectivity index (χ3v) is 3.82. The minimum atomic E-state index is 0.443. The number of aryl methyl sites for hydroxylation is 1. The number of anilines is 3. The van der Waals surface area contributed by atoms with Crippen molar-refractivity contribution in [2.75, 3.05) is 23.7 Å². The molecule has 1 unspecified atom stereocenters. The van der Waals surface area contributed by atoms with E-state index in [1.165, 1.54) is 12.8 Å². The molecule has 3 rings (SSSR count). The highest BCUT2D eigenvalue weighted by Gasteiger charge is 2.14. The second-order valence-electron chi connectivity index (χ2n) is 5.60. The van der Waals surface area contributed by atoms with E-state index in [2.05, 4.69) is 32.8 Å². The molecule has 0 radical (unpaired) electrons. The zero-order valence-corrected chi connectivity index (χ0v) is 13.0. The number of nitrogens with zero attached hydrogens (tertiary/aromatic N) is 2. The molecular weight excluding hydrogens is 274 g/mol. The number of hydrogen-bond donors (Lipinski definition) is 3. The topological polar surface area (TPSA) is 61.9 Å². The number of benzene rings is 1. The summed E-state index contributed by atoms with van der Waals surface area (Å²) in [6, 6.07) is 12.5. The van der Waals surface area contributed by atoms with Gasteiger partial charge in [-0.1, -0.05) is 25.1 Å². The fourth-order valence-electron chi connectivity index (χ4n) is 2.64. The van der Waals surface area contributed by atoms with Crippen LogP contribution in [-0.4, -0.2) is 29.1 Å². The van der Waals surface area contributed by atoms with Crippen LogP contribution in [0.15, 0.2) is 36.4 Å². The van der Waals surface area contributed by atoms with Gasteiger partial charge in [-0.15, -0.1) is 0 Å². The van der Waals surface area contributed by atoms with Gasteiger partial charge in [-0.05, 0) is 37.9 Å². The minimum absolute atomic E-state index is 0.443. The van der Waals surface area contributed by atoms with E-state index in [0.717, 1.165) is 36.7 Å². The van der Waals surface area contributed by atoms with Crippen molar-refractivity contribution < 1.29 is 0 Å². The van der Waals surface area contributed by atoms with Crippen molar-refractivity contribution in [2.24, 2.45) is 0 Å². The lowest BCUT2D eigenvalue weighted by atomic mass is 10.1. The molecule has 1 atom stereocenters. The van der Waals surface area contributed by atoms with Crippen LogP contribution in [-0.2, 0) is 6.42 Å². The van der Waals surface area contributed by atoms with Gasteiger partial charge in [0.05, 0.1) is 0 Å². The van der Waals surface area contributed by atoms with E-state index >= 15 is 0 Å². The Hall–Kier alpha value is -2.14. The van der Waals surface area contributed by atoms with Gasteiger partial charge in [0.2, 0.25) is 5.95 Å². The van der Waals surface area contributed by atoms with E-state index in [1.54, 1.807) is 0 Å². The van der Waals surface area contributed by atoms with E-state index in [-0.39, 0.29) is 0 Å². The lowest BCUT2D eigenvalue weighted by Crippen LogP contribution is -2.38. The standard InChI is InChI=1S/C17H23N5/c1-2-13-11-16(19-15-9-6-10-18-12-15)22-17(20-13)21-14-7-4-3-5-8-14/h3-5,7-8,11,15,18H,2,6,9-10,12H2,1H3,(H2,19,20,21,22). The minimum Gasteiger partial charge on any atom is -0.366 e. The molecular formula is C17H23N5. The van der Waals surface area contributed by atoms with Gasteiger partial charge in [0.15, 0.2) is 0 Å². The first-order valence-electron chi connectivity index (χ1n) is 8.01. The summed E-state index contributed by atoms with van der Waals surface area (Å²) in [6.07, 6.45) is 3.28. The number of hydrogen-bond acceptors (Lipinski definition) is 5. The number of nitrogens with one attached hydrogen (secondary N) is 3. The lowest BCUT2D eigenvalue weighted by molar-refractivity contribution is 0.479. The van der Waals surface area contributed by atoms with Gasteiger partial charge in [-0.3, -0.25) is 0 Å². The van der Waals surface area contributed by atoms with Gasteiger partial charge < -0.3 is 16.0 Å². The molecule has 1 saturated heterocycles. The average Bonchev–Trinajstić information content (AvgIpc) is 2.56. The quantitative estimate of drug-likeness (QED) is 0.792. The van der Waals surface area contributed by atoms with Crippen molar-refractivity contribution in [3.63, 3.8) is 0 Å². The van der Waals surface area contributed by atoms with Crippen molar-refractivity contribution in [1.82, 2.24) is 15.3 Å². The first-order chi connectivity index (χ1) is 10.8. The maximum Gasteiger partial charge on any atom is 0.229 e. The maximum absolute atomic E-state index is 4.61. The largest absolute Gasteiger partial charge is 0.366 e. The molecule has 1 aliphatic rings. The summed E-state index contributed by atoms with van der Waals surface area (Å²) in [6.45, 7) is 4.22. The number of piperidine rings is 1. The molecule has 2 heterocycles. The Morgan fingerprint density at radius 3 is 2.82 bits per heavy atom. The monoisotopic (exact) mass is 297 g/mol. The highest BCUT2D eigenvalue weighted by atomic mass is 15.2. The van der Waals surface area contributed by atoms with Crippen molar-refractivity contribution in [1.29, 1.82) is 0 Å². The summed E-state index contributed by atoms with van der Waals surface area (Å²) in [5.41, 5.74) is 2.04. The summed E-state index contributed by atoms with van der Waals surface area (Å²) < 4.78 is 0. The van der Waals surface area contributed by atoms with Crippen molar-refractivity contribution in [2.45, 2.75) is 32.2 Å². The Labute approximate surface area is 131 Å². The van der Waals surface area contributed by atoms with Crippen LogP contribution in [0.2, 0.25) is 0 Å². The van der Waals surface area contributed by atoms with E-state index in [9.17, 15) is 0 Å². The van der Waals surface area contributed by atoms with Gasteiger partial charge >= 0.3 is 0 Å². The van der Waals surface area contributed by atoms with Gasteiger partial charge in [0.25, 0.3) is 0 Å². The smallest absolute Gasteiger partial charge is 0.229 e. The molecule has 0 spiro atoms. The molecule has 22 heavy (non-hydrogen) atoms. The zero-order chi connectivity index (χ0) is 15.2. The Balaban J connectivity index is 1.76. The highest BCUT2D eigenvalue weighted by molar-refractivity contribution is 5.55. The van der Waals surface area contributed by atoms with E-state index in [4.69, 9.17) is 0 Å². The fourth-order valence-corrected chi connectivity index (χ4v) is 2.64. The average molecular weight is 297 g/mol. The predicted molar refractivity (Wildman–Crippen MR) is 90.6 cm³/mol. The summed E-state index contributed by atoms with van der Waals surface area (Å²) in [5.74, 6) is 1.55. The second kappa shape index (κ2) is 7.22. The van der Waals surface area contributed by atoms with Crippen LogP contribution < -0.4 is 16.0 Å². The first kappa shape index (κ1) is 14.8. The van der Waals surface area contributed by atoms with Crippen LogP contribution in [0.1, 0.15) is 25.5 Å². The number of rotatable bonds is 5. The second-order valence-corrected chi connectivity index (χ2v) is 5.60. The van der Waals surface area contributed by atoms with Crippen molar-refractivity contribution in [3.05, 3.63) is 42.1 Å². The van der Waals surface area contributed by atoms with Gasteiger partial charge in [-0.25, -0.2) is 4.98 Å². The summed E-state index contributed by atoms with van der Waals surface area (Å²) in [5, 5.41) is 10.2. The van der Waals surface area contributed by atoms with Crippen LogP contribution in [0.3, 0.4) is 0 Å². The third kappa shape index (κ3) is 3.95. The fraction of sp³-hybridized carbons (Fsp3) is 0.412. The Morgan fingerprint density at radius 2 is 2.09 bits per heavy atom. The van der Waals surface area contributed by atoms with Crippen molar-refractivity contribution in [3.8, 4) is 0 Å². The molecule has 0 amide bonds. The SMILES string of the molecule is CCc1cc(NC2CCCNC2)nc(Nc2ccccc2)n1. The molecule has 5 nitrogen and oxygen atoms in total. The Bertz CT molecular complexity index is 593. The third-order valence-electron chi connectivity index (χ3n) is 3.82. The Morgan fingerprint density at radius 1 is 1.23 bits per heavy atom. The molecule has 1 fully saturated rings. The molecule has 1 aromatic heterocycles. The maximum atomic E-state index is 4.61. The number of para-hydroxylation sites is 1. The van der Waals surface area contributed by atoms with Crippen LogP contribution >= 0.6 is 0 Å². The van der Waals surface area contributed by atoms with E-state index in [0.29, 0.717) is 12.0 Å². The highest BCUT2D eigenvalue weighted by Crippen LogP contribution is 2.17. The summed E-state index contributed by atoms with van der Waals surface area (Å²) >= 11 is 0.